The van der Waals surface area contributed by atoms with Crippen molar-refractivity contribution in [2.75, 3.05) is 6.61 Å². The molecule has 1 aliphatic rings. The van der Waals surface area contributed by atoms with Gasteiger partial charge in [-0.3, -0.25) is 4.99 Å². The smallest absolute Gasteiger partial charge is 0.518 e. The third-order valence-corrected chi connectivity index (χ3v) is 8.46. The quantitative estimate of drug-likeness (QED) is 0.158. The summed E-state index contributed by atoms with van der Waals surface area (Å²) in [5.41, 5.74) is 7.93. The number of pyridine rings is 1. The summed E-state index contributed by atoms with van der Waals surface area (Å²) in [6.45, 7) is 13.7. The van der Waals surface area contributed by atoms with E-state index in [4.69, 9.17) is 19.5 Å². The third kappa shape index (κ3) is 6.13. The van der Waals surface area contributed by atoms with Crippen LogP contribution in [-0.2, 0) is 31.2 Å². The van der Waals surface area contributed by atoms with Crippen molar-refractivity contribution in [3.8, 4) is 28.3 Å². The van der Waals surface area contributed by atoms with E-state index in [0.717, 1.165) is 44.5 Å². The van der Waals surface area contributed by atoms with Gasteiger partial charge in [0.25, 0.3) is 0 Å². The summed E-state index contributed by atoms with van der Waals surface area (Å²) in [7, 11) is 0. The maximum Gasteiger partial charge on any atom is 2.00 e. The molecule has 3 heterocycles. The Labute approximate surface area is 285 Å². The number of aromatic nitrogens is 2. The summed E-state index contributed by atoms with van der Waals surface area (Å²) in [4.78, 5) is 9.71. The zero-order valence-electron chi connectivity index (χ0n) is 27.0. The van der Waals surface area contributed by atoms with Gasteiger partial charge < -0.3 is 14.0 Å². The van der Waals surface area contributed by atoms with Crippen LogP contribution in [-0.4, -0.2) is 28.1 Å². The van der Waals surface area contributed by atoms with E-state index in [-0.39, 0.29) is 32.5 Å². The largest absolute Gasteiger partial charge is 2.00 e. The van der Waals surface area contributed by atoms with Gasteiger partial charge in [0.2, 0.25) is 0 Å². The van der Waals surface area contributed by atoms with Crippen LogP contribution in [0, 0.1) is 25.0 Å². The van der Waals surface area contributed by atoms with E-state index in [2.05, 4.69) is 113 Å². The van der Waals surface area contributed by atoms with E-state index >= 15 is 0 Å². The van der Waals surface area contributed by atoms with E-state index in [0.29, 0.717) is 29.9 Å². The van der Waals surface area contributed by atoms with Crippen molar-refractivity contribution in [1.82, 2.24) is 9.55 Å². The predicted octanol–water partition coefficient (Wildman–Crippen LogP) is 9.64. The standard InChI is InChI=1S/C40H37N3O2.Pt/c1-25(2)36-24-44-39(42-36)29-18-28(27-11-8-7-9-12-27)19-32(20-29)45-33-22-30(40(4,5)6)21-31(23-33)43-37-15-14-26(3)17-35(37)34-13-10-16-41-38(34)43;/h7-19,21-22,25,36H,24H2,1-6H3;/q-2;+2/t36-;/m0./s1. The topological polar surface area (TPSA) is 48.6 Å². The van der Waals surface area contributed by atoms with Gasteiger partial charge in [-0.05, 0) is 48.1 Å². The van der Waals surface area contributed by atoms with Gasteiger partial charge in [-0.2, -0.15) is 0 Å². The summed E-state index contributed by atoms with van der Waals surface area (Å²) < 4.78 is 14.9. The van der Waals surface area contributed by atoms with Gasteiger partial charge in [-0.25, -0.2) is 4.98 Å². The Hall–Kier alpha value is -4.21. The molecule has 1 aliphatic heterocycles. The molecule has 6 aromatic rings. The molecule has 0 spiro atoms. The predicted molar refractivity (Wildman–Crippen MR) is 183 cm³/mol. The number of aryl methyl sites for hydroxylation is 1. The van der Waals surface area contributed by atoms with Gasteiger partial charge in [0.05, 0.1) is 18.2 Å². The monoisotopic (exact) mass is 786 g/mol. The Morgan fingerprint density at radius 2 is 1.65 bits per heavy atom. The minimum Gasteiger partial charge on any atom is -0.518 e. The maximum absolute atomic E-state index is 6.68. The first-order valence-electron chi connectivity index (χ1n) is 15.6. The van der Waals surface area contributed by atoms with Crippen LogP contribution in [0.1, 0.15) is 51.3 Å². The average Bonchev–Trinajstić information content (AvgIpc) is 3.65. The second kappa shape index (κ2) is 12.5. The molecule has 0 aliphatic carbocycles. The molecular formula is C40H37N3O2Pt. The summed E-state index contributed by atoms with van der Waals surface area (Å²) in [5.74, 6) is 2.19. The minimum absolute atomic E-state index is 0. The molecule has 6 heteroatoms. The first-order chi connectivity index (χ1) is 21.6. The molecule has 0 amide bonds. The normalized spacial score (nSPS) is 14.8. The second-order valence-corrected chi connectivity index (χ2v) is 13.3. The number of hydrogen-bond acceptors (Lipinski definition) is 4. The number of ether oxygens (including phenoxy) is 2. The summed E-state index contributed by atoms with van der Waals surface area (Å²) in [6.07, 6.45) is 1.85. The zero-order valence-corrected chi connectivity index (χ0v) is 29.3. The van der Waals surface area contributed by atoms with Crippen molar-refractivity contribution in [2.45, 2.75) is 53.0 Å². The fourth-order valence-corrected chi connectivity index (χ4v) is 5.85. The number of nitrogens with zero attached hydrogens (tertiary/aromatic N) is 3. The van der Waals surface area contributed by atoms with Crippen LogP contribution >= 0.6 is 0 Å². The number of rotatable bonds is 6. The fraction of sp³-hybridized carbons (Fsp3) is 0.250. The van der Waals surface area contributed by atoms with Crippen molar-refractivity contribution in [3.63, 3.8) is 0 Å². The van der Waals surface area contributed by atoms with Crippen LogP contribution in [0.2, 0.25) is 0 Å². The average molecular weight is 787 g/mol. The molecule has 0 unspecified atom stereocenters. The number of fused-ring (bicyclic) bond motifs is 3. The van der Waals surface area contributed by atoms with Gasteiger partial charge in [-0.1, -0.05) is 106 Å². The number of benzene rings is 4. The summed E-state index contributed by atoms with van der Waals surface area (Å²) >= 11 is 0. The molecule has 46 heavy (non-hydrogen) atoms. The Morgan fingerprint density at radius 3 is 2.39 bits per heavy atom. The number of aliphatic imine (C=N–C) groups is 1. The van der Waals surface area contributed by atoms with Crippen LogP contribution in [0.15, 0.2) is 96.1 Å². The van der Waals surface area contributed by atoms with Crippen LogP contribution < -0.4 is 4.74 Å². The Morgan fingerprint density at radius 1 is 0.870 bits per heavy atom. The zero-order chi connectivity index (χ0) is 31.3. The Balaban J connectivity index is 0.00000372. The van der Waals surface area contributed by atoms with Gasteiger partial charge in [-0.15, -0.1) is 29.8 Å². The van der Waals surface area contributed by atoms with Crippen LogP contribution in [0.5, 0.6) is 11.5 Å². The molecule has 5 nitrogen and oxygen atoms in total. The third-order valence-electron chi connectivity index (χ3n) is 8.46. The Bertz CT molecular complexity index is 2070. The van der Waals surface area contributed by atoms with E-state index in [1.807, 2.05) is 36.5 Å². The van der Waals surface area contributed by atoms with E-state index in [1.165, 1.54) is 10.9 Å². The van der Waals surface area contributed by atoms with E-state index < -0.39 is 0 Å². The van der Waals surface area contributed by atoms with E-state index in [1.54, 1.807) is 0 Å². The van der Waals surface area contributed by atoms with Crippen molar-refractivity contribution in [1.29, 1.82) is 0 Å². The maximum atomic E-state index is 6.68. The Kier molecular flexibility index (Phi) is 8.65. The SMILES string of the molecule is Cc1ccc2c(c1)c1cccnc1n2-c1[c-]c(Oc2[c-]c(C3=N[C@H](C(C)C)CO3)cc(-c3ccccc3)c2)cc(C(C)(C)C)c1.[Pt+2]. The molecule has 0 fully saturated rings. The molecule has 0 saturated heterocycles. The molecule has 0 saturated carbocycles. The first kappa shape index (κ1) is 31.8. The van der Waals surface area contributed by atoms with Crippen LogP contribution in [0.3, 0.4) is 0 Å². The van der Waals surface area contributed by atoms with Crippen molar-refractivity contribution >= 4 is 27.8 Å². The fourth-order valence-electron chi connectivity index (χ4n) is 5.85. The summed E-state index contributed by atoms with van der Waals surface area (Å²) in [5, 5.41) is 2.28. The molecule has 0 bridgehead atoms. The van der Waals surface area contributed by atoms with Crippen LogP contribution in [0.4, 0.5) is 0 Å². The molecule has 4 aromatic carbocycles. The molecule has 7 rings (SSSR count). The van der Waals surface area contributed by atoms with Crippen molar-refractivity contribution in [2.24, 2.45) is 10.9 Å². The first-order valence-corrected chi connectivity index (χ1v) is 15.6. The van der Waals surface area contributed by atoms with Gasteiger partial charge >= 0.3 is 21.1 Å². The van der Waals surface area contributed by atoms with Crippen molar-refractivity contribution < 1.29 is 30.5 Å². The van der Waals surface area contributed by atoms with Gasteiger partial charge in [0, 0.05) is 28.5 Å². The molecule has 234 valence electrons. The molecule has 0 radical (unpaired) electrons. The molecule has 1 atom stereocenters. The number of hydrogen-bond donors (Lipinski definition) is 0. The minimum atomic E-state index is -0.135. The summed E-state index contributed by atoms with van der Waals surface area (Å²) in [6, 6.07) is 36.5. The van der Waals surface area contributed by atoms with Crippen LogP contribution in [0.25, 0.3) is 38.8 Å². The van der Waals surface area contributed by atoms with Crippen molar-refractivity contribution in [3.05, 3.63) is 120 Å². The second-order valence-electron chi connectivity index (χ2n) is 13.3. The molecule has 2 aromatic heterocycles. The van der Waals surface area contributed by atoms with E-state index in [9.17, 15) is 0 Å². The van der Waals surface area contributed by atoms with Gasteiger partial charge in [0.15, 0.2) is 0 Å². The molecular weight excluding hydrogens is 750 g/mol. The molecule has 0 N–H and O–H groups in total. The van der Waals surface area contributed by atoms with Gasteiger partial charge in [0.1, 0.15) is 11.5 Å².